The van der Waals surface area contributed by atoms with E-state index in [9.17, 15) is 39.6 Å². The molecular weight excluding hydrogens is 1140 g/mol. The van der Waals surface area contributed by atoms with E-state index >= 15 is 0 Å². The molecule has 0 saturated carbocycles. The topological polar surface area (TPSA) is 244 Å². The fourth-order valence-electron chi connectivity index (χ4n) is 14.2. The molecule has 24 bridgehead atoms. The number of nitrogens with zero attached hydrogens (tertiary/aromatic N) is 6. The van der Waals surface area contributed by atoms with Crippen LogP contribution in [0.25, 0.3) is 0 Å². The van der Waals surface area contributed by atoms with Crippen LogP contribution in [0.15, 0.2) is 72.8 Å². The summed E-state index contributed by atoms with van der Waals surface area (Å²) in [6.07, 6.45) is 16.2. The Hall–Kier alpha value is -9.06. The number of carbonyl (C=O) groups is 4. The number of fused-ring (bicyclic) bond motifs is 2. The first-order valence-corrected chi connectivity index (χ1v) is 32.6. The lowest BCUT2D eigenvalue weighted by molar-refractivity contribution is 0.0622. The van der Waals surface area contributed by atoms with Gasteiger partial charge in [-0.2, -0.15) is 0 Å². The molecule has 4 N–H and O–H groups in total. The number of phenols is 4. The molecule has 20 rings (SSSR count). The maximum atomic E-state index is 14.6. The van der Waals surface area contributed by atoms with Gasteiger partial charge in [0.15, 0.2) is 22.8 Å². The van der Waals surface area contributed by atoms with Crippen LogP contribution in [0.5, 0.6) is 69.5 Å². The summed E-state index contributed by atoms with van der Waals surface area (Å²) in [6, 6.07) is 20.8. The van der Waals surface area contributed by atoms with Gasteiger partial charge in [-0.05, 0) is 61.1 Å². The van der Waals surface area contributed by atoms with Gasteiger partial charge >= 0.3 is 0 Å². The molecule has 12 aliphatic heterocycles. The predicted molar refractivity (Wildman–Crippen MR) is 334 cm³/mol. The SMILES string of the molecule is CCCCCCC1c2cc3c(cc2O)Oc2nc4c5nc2Oc2cc(O)c(cc2C3CCCCCC)C(CCCCCC)c2cc3c(cc2O)Oc2nc6c(nc2Oc2cc(O)c1cc2C3CCCCCC)C(=O)N(Cc1ccc(cc1)CN(C4=O)C5=O)C6=O. The Balaban J connectivity index is 1.16. The number of phenolic OH excluding ortho intramolecular Hbond substituents is 4. The average Bonchev–Trinajstić information content (AvgIpc) is 1.42. The fraction of sp³-hybridized carbons (Fsp3) is 0.417. The summed E-state index contributed by atoms with van der Waals surface area (Å²) in [5.74, 6) is -6.27. The highest BCUT2D eigenvalue weighted by Gasteiger charge is 2.44. The second-order valence-electron chi connectivity index (χ2n) is 25.1. The number of ether oxygens (including phenoxy) is 4. The number of hydrogen-bond donors (Lipinski definition) is 4. The number of benzene rings is 5. The number of unbranched alkanes of at least 4 members (excludes halogenated alkanes) is 12. The van der Waals surface area contributed by atoms with Crippen molar-refractivity contribution < 1.29 is 58.6 Å². The highest BCUT2D eigenvalue weighted by Crippen LogP contribution is 2.56. The third-order valence-electron chi connectivity index (χ3n) is 19.0. The van der Waals surface area contributed by atoms with Crippen molar-refractivity contribution in [2.45, 2.75) is 193 Å². The summed E-state index contributed by atoms with van der Waals surface area (Å²) in [7, 11) is 0. The van der Waals surface area contributed by atoms with Gasteiger partial charge in [-0.25, -0.2) is 19.9 Å². The normalized spacial score (nSPS) is 18.0. The van der Waals surface area contributed by atoms with Crippen LogP contribution in [0.2, 0.25) is 0 Å². The lowest BCUT2D eigenvalue weighted by atomic mass is 9.76. The van der Waals surface area contributed by atoms with Crippen LogP contribution < -0.4 is 18.9 Å². The van der Waals surface area contributed by atoms with Crippen molar-refractivity contribution in [2.75, 3.05) is 0 Å². The highest BCUT2D eigenvalue weighted by atomic mass is 16.5. The molecule has 466 valence electrons. The van der Waals surface area contributed by atoms with Crippen LogP contribution in [-0.4, -0.2) is 73.8 Å². The lowest BCUT2D eigenvalue weighted by Gasteiger charge is -2.30. The summed E-state index contributed by atoms with van der Waals surface area (Å²) < 4.78 is 27.7. The number of aromatic nitrogens is 4. The summed E-state index contributed by atoms with van der Waals surface area (Å²) in [6.45, 7) is 8.21. The molecule has 90 heavy (non-hydrogen) atoms. The van der Waals surface area contributed by atoms with Gasteiger partial charge in [0.2, 0.25) is 0 Å². The van der Waals surface area contributed by atoms with Gasteiger partial charge in [-0.3, -0.25) is 29.0 Å². The van der Waals surface area contributed by atoms with Crippen molar-refractivity contribution in [3.63, 3.8) is 0 Å². The Morgan fingerprint density at radius 1 is 0.344 bits per heavy atom. The molecule has 0 saturated heterocycles. The zero-order valence-electron chi connectivity index (χ0n) is 51.5. The molecule has 7 aromatic rings. The number of amides is 4. The van der Waals surface area contributed by atoms with Crippen LogP contribution in [0.4, 0.5) is 0 Å². The smallest absolute Gasteiger partial charge is 0.284 e. The van der Waals surface area contributed by atoms with E-state index in [1.54, 1.807) is 48.5 Å². The van der Waals surface area contributed by atoms with Crippen molar-refractivity contribution in [1.29, 1.82) is 0 Å². The van der Waals surface area contributed by atoms with E-state index in [4.69, 9.17) is 38.9 Å². The zero-order valence-corrected chi connectivity index (χ0v) is 51.5. The minimum absolute atomic E-state index is 0.143. The Bertz CT molecular complexity index is 3550. The molecule has 18 nitrogen and oxygen atoms in total. The standard InChI is InChI=1S/C72H76N6O12/c1-5-9-13-17-21-41-45-29-49-43(23-19-15-11-7-3)51-31-47-42(22-18-14-10-6-2)48-32-52-44(24-20-16-12-8-4)50-30-46(41)54(80)34-58(50)88-66-68(90-60(52)36-56(48)82)76-64-62(74-66)70(84)78(72(64)86)38-40-27-25-39(26-28-40)37-77-69(83)61-63(71(77)85)75-67(89-59(51)35-55(47)81)65(73-61)87-57(49)33-53(45)79/h25-36,41-44,79-82H,5-24,37-38H2,1-4H3. The molecule has 5 aromatic carbocycles. The molecule has 0 unspecified atom stereocenters. The van der Waals surface area contributed by atoms with Gasteiger partial charge in [0.1, 0.15) is 46.0 Å². The lowest BCUT2D eigenvalue weighted by Crippen LogP contribution is -2.30. The Kier molecular flexibility index (Phi) is 16.7. The quantitative estimate of drug-likeness (QED) is 0.0409. The molecule has 13 aliphatic rings. The number of imide groups is 2. The third-order valence-corrected chi connectivity index (χ3v) is 19.0. The zero-order chi connectivity index (χ0) is 62.5. The molecule has 2 aromatic heterocycles. The third kappa shape index (κ3) is 11.0. The minimum Gasteiger partial charge on any atom is -0.508 e. The molecule has 14 heterocycles. The molecule has 1 aliphatic carbocycles. The minimum atomic E-state index is -0.739. The number of aromatic hydroxyl groups is 4. The van der Waals surface area contributed by atoms with E-state index < -0.39 is 47.3 Å². The molecule has 0 radical (unpaired) electrons. The van der Waals surface area contributed by atoms with E-state index in [0.717, 1.165) is 113 Å². The van der Waals surface area contributed by atoms with Crippen LogP contribution in [-0.2, 0) is 13.1 Å². The Morgan fingerprint density at radius 2 is 0.578 bits per heavy atom. The maximum absolute atomic E-state index is 14.6. The van der Waals surface area contributed by atoms with Crippen molar-refractivity contribution >= 4 is 23.6 Å². The Morgan fingerprint density at radius 3 is 0.811 bits per heavy atom. The van der Waals surface area contributed by atoms with Crippen LogP contribution >= 0.6 is 0 Å². The van der Waals surface area contributed by atoms with Crippen molar-refractivity contribution in [2.24, 2.45) is 0 Å². The second-order valence-corrected chi connectivity index (χ2v) is 25.1. The average molecular weight is 1220 g/mol. The van der Waals surface area contributed by atoms with Crippen LogP contribution in [0, 0.1) is 0 Å². The molecule has 0 atom stereocenters. The summed E-state index contributed by atoms with van der Waals surface area (Å²) in [5.41, 5.74) is 4.52. The number of carbonyl (C=O) groups excluding carboxylic acids is 4. The molecular formula is C72H76N6O12. The van der Waals surface area contributed by atoms with Crippen molar-refractivity contribution in [1.82, 2.24) is 29.7 Å². The van der Waals surface area contributed by atoms with Gasteiger partial charge in [-0.15, -0.1) is 0 Å². The predicted octanol–water partition coefficient (Wildman–Crippen LogP) is 16.5. The van der Waals surface area contributed by atoms with Gasteiger partial charge in [0.05, 0.1) is 13.1 Å². The van der Waals surface area contributed by atoms with Gasteiger partial charge in [0.25, 0.3) is 47.1 Å². The van der Waals surface area contributed by atoms with Gasteiger partial charge in [-0.1, -0.05) is 155 Å². The molecule has 4 amide bonds. The largest absolute Gasteiger partial charge is 0.508 e. The van der Waals surface area contributed by atoms with E-state index in [2.05, 4.69) is 27.7 Å². The monoisotopic (exact) mass is 1220 g/mol. The van der Waals surface area contributed by atoms with Crippen LogP contribution in [0.1, 0.15) is 277 Å². The first-order chi connectivity index (χ1) is 43.7. The number of rotatable bonds is 20. The van der Waals surface area contributed by atoms with E-state index in [-0.39, 0.29) is 105 Å². The van der Waals surface area contributed by atoms with Gasteiger partial charge < -0.3 is 39.4 Å². The second kappa shape index (κ2) is 25.1. The van der Waals surface area contributed by atoms with Crippen molar-refractivity contribution in [3.8, 4) is 69.5 Å². The fourth-order valence-corrected chi connectivity index (χ4v) is 14.2. The van der Waals surface area contributed by atoms with Crippen LogP contribution in [0.3, 0.4) is 0 Å². The first-order valence-electron chi connectivity index (χ1n) is 32.6. The van der Waals surface area contributed by atoms with E-state index in [1.807, 2.05) is 24.3 Å². The molecule has 0 fully saturated rings. The highest BCUT2D eigenvalue weighted by molar-refractivity contribution is 6.20. The molecule has 0 spiro atoms. The summed E-state index contributed by atoms with van der Waals surface area (Å²) >= 11 is 0. The first kappa shape index (κ1) is 59.9. The van der Waals surface area contributed by atoms with E-state index in [0.29, 0.717) is 81.3 Å². The number of hydrogen-bond acceptors (Lipinski definition) is 16. The summed E-state index contributed by atoms with van der Waals surface area (Å²) in [4.78, 5) is 79.5. The van der Waals surface area contributed by atoms with E-state index in [1.165, 1.54) is 0 Å². The molecule has 18 heteroatoms. The van der Waals surface area contributed by atoms with Gasteiger partial charge in [0, 0.05) is 92.4 Å². The maximum Gasteiger partial charge on any atom is 0.284 e. The Labute approximate surface area is 523 Å². The summed E-state index contributed by atoms with van der Waals surface area (Å²) in [5, 5.41) is 51.7. The van der Waals surface area contributed by atoms with Crippen molar-refractivity contribution in [3.05, 3.63) is 151 Å².